The summed E-state index contributed by atoms with van der Waals surface area (Å²) in [6.45, 7) is 11.8. The zero-order valence-electron chi connectivity index (χ0n) is 38.2. The molecule has 1 aromatic rings. The lowest BCUT2D eigenvalue weighted by Gasteiger charge is -2.47. The highest BCUT2D eigenvalue weighted by molar-refractivity contribution is 6.39. The first-order chi connectivity index (χ1) is 29.5. The molecule has 1 saturated carbocycles. The minimum Gasteiger partial charge on any atom is -0.489 e. The highest BCUT2D eigenvalue weighted by Crippen LogP contribution is 2.39. The number of aliphatic hydroxyl groups is 1. The van der Waals surface area contributed by atoms with Crippen LogP contribution in [0.4, 0.5) is 0 Å². The number of piperidine rings is 1. The van der Waals surface area contributed by atoms with Gasteiger partial charge in [-0.25, -0.2) is 4.79 Å². The van der Waals surface area contributed by atoms with Crippen molar-refractivity contribution in [2.45, 2.75) is 167 Å². The molecule has 2 saturated heterocycles. The number of hydrogen-bond donors (Lipinski definition) is 2. The van der Waals surface area contributed by atoms with E-state index in [0.29, 0.717) is 69.1 Å². The van der Waals surface area contributed by atoms with Crippen LogP contribution < -0.4 is 10.5 Å². The molecule has 3 fully saturated rings. The summed E-state index contributed by atoms with van der Waals surface area (Å²) in [5, 5.41) is 12.1. The number of amides is 1. The van der Waals surface area contributed by atoms with E-state index in [9.17, 15) is 29.1 Å². The first-order valence-electron chi connectivity index (χ1n) is 22.9. The Hall–Kier alpha value is -3.75. The van der Waals surface area contributed by atoms with Crippen LogP contribution in [0.2, 0.25) is 0 Å². The third-order valence-corrected chi connectivity index (χ3v) is 13.8. The molecule has 0 aromatic heterocycles. The van der Waals surface area contributed by atoms with E-state index in [1.807, 2.05) is 27.7 Å². The van der Waals surface area contributed by atoms with Crippen molar-refractivity contribution in [3.8, 4) is 5.75 Å². The quantitative estimate of drug-likeness (QED) is 0.122. The lowest BCUT2D eigenvalue weighted by Crippen LogP contribution is -2.64. The van der Waals surface area contributed by atoms with Crippen LogP contribution in [-0.2, 0) is 38.1 Å². The predicted molar refractivity (Wildman–Crippen MR) is 234 cm³/mol. The molecule has 2 bridgehead atoms. The number of carbonyl (C=O) groups excluding carboxylic acids is 5. The summed E-state index contributed by atoms with van der Waals surface area (Å²) in [4.78, 5) is 69.4. The fourth-order valence-corrected chi connectivity index (χ4v) is 10.1. The zero-order valence-corrected chi connectivity index (χ0v) is 38.2. The molecule has 344 valence electrons. The molecule has 1 aromatic carbocycles. The first-order valence-corrected chi connectivity index (χ1v) is 22.9. The second kappa shape index (κ2) is 22.2. The molecule has 0 radical (unpaired) electrons. The maximum absolute atomic E-state index is 14.4. The molecule has 13 heteroatoms. The summed E-state index contributed by atoms with van der Waals surface area (Å²) in [5.74, 6) is -5.73. The van der Waals surface area contributed by atoms with Crippen molar-refractivity contribution in [3.63, 3.8) is 0 Å². The van der Waals surface area contributed by atoms with Gasteiger partial charge in [-0.15, -0.1) is 0 Å². The Morgan fingerprint density at radius 1 is 0.952 bits per heavy atom. The number of hydrogen-bond acceptors (Lipinski definition) is 12. The smallest absolute Gasteiger partial charge is 0.329 e. The second-order valence-electron chi connectivity index (χ2n) is 18.7. The summed E-state index contributed by atoms with van der Waals surface area (Å²) >= 11 is 0. The number of Topliss-reactive ketones (excluding diaryl/α,β-unsaturated/α-hetero) is 2. The molecule has 1 aliphatic carbocycles. The van der Waals surface area contributed by atoms with Gasteiger partial charge in [0.2, 0.25) is 5.79 Å². The van der Waals surface area contributed by atoms with Crippen molar-refractivity contribution in [3.05, 3.63) is 53.1 Å². The summed E-state index contributed by atoms with van der Waals surface area (Å²) in [7, 11) is 3.10. The highest BCUT2D eigenvalue weighted by Gasteiger charge is 2.56. The van der Waals surface area contributed by atoms with Gasteiger partial charge in [0, 0.05) is 50.6 Å². The number of rotatable bonds is 8. The van der Waals surface area contributed by atoms with E-state index in [2.05, 4.69) is 19.1 Å². The Morgan fingerprint density at radius 2 is 1.65 bits per heavy atom. The number of carbonyl (C=O) groups is 5. The van der Waals surface area contributed by atoms with Gasteiger partial charge in [0.05, 0.1) is 12.2 Å². The molecule has 5 rings (SSSR count). The van der Waals surface area contributed by atoms with Gasteiger partial charge >= 0.3 is 5.97 Å². The van der Waals surface area contributed by atoms with Gasteiger partial charge in [-0.05, 0) is 132 Å². The SMILES string of the molecule is CCC1/C=C(\C)CC(C)CC(OC)C2OC(O)(C(=O)C(=O)N3CCCCC3C(=O)OC(C(C)=CC3CCC(N)C(Oc4ccc(C=O)cc4)C3)C(C)CCC1=O)C(C)CC2OC. The lowest BCUT2D eigenvalue weighted by atomic mass is 9.81. The van der Waals surface area contributed by atoms with Crippen LogP contribution >= 0.6 is 0 Å². The standard InChI is InChI=1S/C49H72N2O11/c1-9-36-23-29(2)22-30(3)24-42(58-7)45-43(59-8)26-33(6)49(57,62-45)46(54)47(55)51-21-11-10-12-39(51)48(56)61-44(31(4)13-20-40(36)53)32(5)25-35-16-19-38(50)41(27-35)60-37-17-14-34(28-52)15-18-37/h14-15,17-18,23,25,28,30-31,33,35-36,38-39,41-45,57H,9-13,16,19-22,24,26-27,50H2,1-8H3/b29-23+,32-25?. The Bertz CT molecular complexity index is 1780. The maximum atomic E-state index is 14.4. The van der Waals surface area contributed by atoms with Crippen LogP contribution in [0.1, 0.15) is 129 Å². The third-order valence-electron chi connectivity index (χ3n) is 13.8. The topological polar surface area (TPSA) is 181 Å². The molecular formula is C49H72N2O11. The Balaban J connectivity index is 1.47. The number of nitrogens with two attached hydrogens (primary N) is 1. The molecule has 3 aliphatic heterocycles. The average Bonchev–Trinajstić information content (AvgIpc) is 3.26. The number of esters is 1. The van der Waals surface area contributed by atoms with E-state index in [1.54, 1.807) is 45.4 Å². The highest BCUT2D eigenvalue weighted by atomic mass is 16.7. The van der Waals surface area contributed by atoms with Crippen molar-refractivity contribution in [2.24, 2.45) is 35.3 Å². The van der Waals surface area contributed by atoms with Crippen molar-refractivity contribution in [1.29, 1.82) is 0 Å². The minimum atomic E-state index is -2.48. The third kappa shape index (κ3) is 11.9. The minimum absolute atomic E-state index is 0.0505. The lowest BCUT2D eigenvalue weighted by molar-refractivity contribution is -0.302. The van der Waals surface area contributed by atoms with Crippen molar-refractivity contribution >= 4 is 29.7 Å². The van der Waals surface area contributed by atoms with Crippen molar-refractivity contribution in [2.75, 3.05) is 20.8 Å². The Labute approximate surface area is 368 Å². The number of fused-ring (bicyclic) bond motifs is 3. The van der Waals surface area contributed by atoms with E-state index in [1.165, 1.54) is 4.90 Å². The van der Waals surface area contributed by atoms with E-state index >= 15 is 0 Å². The van der Waals surface area contributed by atoms with Crippen molar-refractivity contribution < 1.29 is 52.8 Å². The average molecular weight is 865 g/mol. The summed E-state index contributed by atoms with van der Waals surface area (Å²) in [6, 6.07) is 5.67. The van der Waals surface area contributed by atoms with E-state index in [-0.39, 0.29) is 61.0 Å². The van der Waals surface area contributed by atoms with Crippen LogP contribution in [0.15, 0.2) is 47.6 Å². The number of methoxy groups -OCH3 is 2. The monoisotopic (exact) mass is 865 g/mol. The molecule has 62 heavy (non-hydrogen) atoms. The molecule has 3 N–H and O–H groups in total. The number of aldehydes is 1. The molecule has 13 atom stereocenters. The van der Waals surface area contributed by atoms with Crippen LogP contribution in [0.5, 0.6) is 5.75 Å². The van der Waals surface area contributed by atoms with Gasteiger partial charge in [0.25, 0.3) is 11.7 Å². The molecule has 4 aliphatic rings. The molecule has 13 nitrogen and oxygen atoms in total. The number of cyclic esters (lactones) is 1. The van der Waals surface area contributed by atoms with Gasteiger partial charge in [0.15, 0.2) is 0 Å². The number of allylic oxidation sites excluding steroid dienone is 3. The number of ketones is 2. The molecule has 1 amide bonds. The zero-order chi connectivity index (χ0) is 45.3. The number of nitrogens with zero attached hydrogens (tertiary/aromatic N) is 1. The van der Waals surface area contributed by atoms with Gasteiger partial charge in [-0.1, -0.05) is 45.4 Å². The van der Waals surface area contributed by atoms with E-state index in [0.717, 1.165) is 23.9 Å². The summed E-state index contributed by atoms with van der Waals surface area (Å²) < 4.78 is 30.8. The Morgan fingerprint density at radius 3 is 2.31 bits per heavy atom. The van der Waals surface area contributed by atoms with Gasteiger partial charge < -0.3 is 39.4 Å². The first kappa shape index (κ1) is 49.3. The van der Waals surface area contributed by atoms with Gasteiger partial charge in [-0.3, -0.25) is 19.2 Å². The maximum Gasteiger partial charge on any atom is 0.329 e. The number of ether oxygens (including phenoxy) is 5. The van der Waals surface area contributed by atoms with E-state index < -0.39 is 59.8 Å². The van der Waals surface area contributed by atoms with Crippen molar-refractivity contribution in [1.82, 2.24) is 4.90 Å². The van der Waals surface area contributed by atoms with Crippen LogP contribution in [0, 0.1) is 29.6 Å². The summed E-state index contributed by atoms with van der Waals surface area (Å²) in [6.07, 6.45) is 8.42. The van der Waals surface area contributed by atoms with Crippen LogP contribution in [0.25, 0.3) is 0 Å². The molecular weight excluding hydrogens is 793 g/mol. The molecule has 0 spiro atoms. The van der Waals surface area contributed by atoms with Gasteiger partial charge in [-0.2, -0.15) is 0 Å². The largest absolute Gasteiger partial charge is 0.489 e. The molecule has 3 heterocycles. The van der Waals surface area contributed by atoms with Crippen LogP contribution in [0.3, 0.4) is 0 Å². The fraction of sp³-hybridized carbons (Fsp3) is 0.694. The predicted octanol–water partition coefficient (Wildman–Crippen LogP) is 6.71. The Kier molecular flexibility index (Phi) is 17.7. The number of benzene rings is 1. The molecule has 13 unspecified atom stereocenters. The van der Waals surface area contributed by atoms with Gasteiger partial charge in [0.1, 0.15) is 42.2 Å². The second-order valence-corrected chi connectivity index (χ2v) is 18.7. The normalized spacial score (nSPS) is 37.3. The fourth-order valence-electron chi connectivity index (χ4n) is 10.1. The van der Waals surface area contributed by atoms with Crippen LogP contribution in [-0.4, -0.2) is 109 Å². The van der Waals surface area contributed by atoms with E-state index in [4.69, 9.17) is 29.4 Å². The summed E-state index contributed by atoms with van der Waals surface area (Å²) in [5.41, 5.74) is 8.99.